The summed E-state index contributed by atoms with van der Waals surface area (Å²) in [5, 5.41) is 11.0. The van der Waals surface area contributed by atoms with Gasteiger partial charge in [0.15, 0.2) is 11.5 Å². The van der Waals surface area contributed by atoms with Crippen LogP contribution in [0.3, 0.4) is 0 Å². The Morgan fingerprint density at radius 3 is 2.54 bits per heavy atom. The van der Waals surface area contributed by atoms with Crippen molar-refractivity contribution in [3.63, 3.8) is 0 Å². The Kier molecular flexibility index (Phi) is 5.94. The standard InChI is InChI=1S/C17H19N3O6/c1-10(2)9-26-13-7-5-11(8-14(13)25-3)4-6-12-15(20(23)24)16(21)19-17(22)18-12/h4-8,10H,9H2,1-3H3,(H2,18,19,21,22)/b6-4+. The van der Waals surface area contributed by atoms with Gasteiger partial charge in [0.05, 0.1) is 18.6 Å². The Morgan fingerprint density at radius 1 is 1.19 bits per heavy atom. The van der Waals surface area contributed by atoms with Gasteiger partial charge in [-0.15, -0.1) is 0 Å². The molecule has 0 amide bonds. The summed E-state index contributed by atoms with van der Waals surface area (Å²) in [6.45, 7) is 4.59. The topological polar surface area (TPSA) is 127 Å². The van der Waals surface area contributed by atoms with Crippen molar-refractivity contribution in [2.75, 3.05) is 13.7 Å². The van der Waals surface area contributed by atoms with Crippen molar-refractivity contribution in [1.29, 1.82) is 0 Å². The quantitative estimate of drug-likeness (QED) is 0.575. The van der Waals surface area contributed by atoms with Crippen molar-refractivity contribution in [2.45, 2.75) is 13.8 Å². The van der Waals surface area contributed by atoms with Crippen molar-refractivity contribution >= 4 is 17.8 Å². The van der Waals surface area contributed by atoms with Gasteiger partial charge in [-0.3, -0.25) is 19.9 Å². The van der Waals surface area contributed by atoms with Crippen LogP contribution < -0.4 is 20.7 Å². The lowest BCUT2D eigenvalue weighted by molar-refractivity contribution is -0.386. The Bertz CT molecular complexity index is 942. The Hall–Kier alpha value is -3.36. The van der Waals surface area contributed by atoms with Crippen molar-refractivity contribution in [2.24, 2.45) is 5.92 Å². The molecule has 0 saturated heterocycles. The van der Waals surface area contributed by atoms with E-state index in [1.165, 1.54) is 19.3 Å². The Morgan fingerprint density at radius 2 is 1.92 bits per heavy atom. The molecular formula is C17H19N3O6. The van der Waals surface area contributed by atoms with Gasteiger partial charge in [0, 0.05) is 0 Å². The van der Waals surface area contributed by atoms with Gasteiger partial charge in [0.1, 0.15) is 5.69 Å². The third-order valence-corrected chi connectivity index (χ3v) is 3.33. The van der Waals surface area contributed by atoms with Gasteiger partial charge in [0.25, 0.3) is 0 Å². The highest BCUT2D eigenvalue weighted by atomic mass is 16.6. The summed E-state index contributed by atoms with van der Waals surface area (Å²) in [4.78, 5) is 37.2. The molecule has 0 fully saturated rings. The predicted molar refractivity (Wildman–Crippen MR) is 96.6 cm³/mol. The molecule has 26 heavy (non-hydrogen) atoms. The maximum Gasteiger partial charge on any atom is 0.357 e. The molecule has 2 N–H and O–H groups in total. The molecule has 0 aliphatic rings. The largest absolute Gasteiger partial charge is 0.493 e. The molecule has 0 aliphatic heterocycles. The van der Waals surface area contributed by atoms with Crippen LogP contribution in [-0.4, -0.2) is 28.6 Å². The molecule has 0 bridgehead atoms. The molecule has 9 nitrogen and oxygen atoms in total. The van der Waals surface area contributed by atoms with Gasteiger partial charge in [-0.25, -0.2) is 4.79 Å². The van der Waals surface area contributed by atoms with Crippen molar-refractivity contribution in [3.05, 3.63) is 60.4 Å². The van der Waals surface area contributed by atoms with Gasteiger partial charge in [0.2, 0.25) is 0 Å². The van der Waals surface area contributed by atoms with E-state index in [0.717, 1.165) is 0 Å². The van der Waals surface area contributed by atoms with E-state index in [-0.39, 0.29) is 5.69 Å². The second-order valence-corrected chi connectivity index (χ2v) is 5.88. The fourth-order valence-electron chi connectivity index (χ4n) is 2.14. The minimum absolute atomic E-state index is 0.192. The van der Waals surface area contributed by atoms with E-state index in [9.17, 15) is 19.7 Å². The highest BCUT2D eigenvalue weighted by molar-refractivity contribution is 5.72. The predicted octanol–water partition coefficient (Wildman–Crippen LogP) is 2.19. The molecule has 2 aromatic rings. The molecule has 138 valence electrons. The number of benzene rings is 1. The highest BCUT2D eigenvalue weighted by Crippen LogP contribution is 2.29. The number of nitro groups is 1. The van der Waals surface area contributed by atoms with Crippen LogP contribution in [0.5, 0.6) is 11.5 Å². The molecule has 1 heterocycles. The molecule has 0 aliphatic carbocycles. The number of nitrogens with zero attached hydrogens (tertiary/aromatic N) is 1. The lowest BCUT2D eigenvalue weighted by Gasteiger charge is -2.12. The zero-order valence-electron chi connectivity index (χ0n) is 14.6. The highest BCUT2D eigenvalue weighted by Gasteiger charge is 2.18. The molecule has 0 unspecified atom stereocenters. The van der Waals surface area contributed by atoms with E-state index < -0.39 is 21.9 Å². The number of rotatable bonds is 7. The Balaban J connectivity index is 2.36. The van der Waals surface area contributed by atoms with Crippen molar-refractivity contribution < 1.29 is 14.4 Å². The summed E-state index contributed by atoms with van der Waals surface area (Å²) in [6.07, 6.45) is 2.81. The van der Waals surface area contributed by atoms with E-state index >= 15 is 0 Å². The molecule has 1 aromatic carbocycles. The zero-order valence-corrected chi connectivity index (χ0v) is 14.6. The number of aromatic nitrogens is 2. The van der Waals surface area contributed by atoms with E-state index in [4.69, 9.17) is 9.47 Å². The fraction of sp³-hybridized carbons (Fsp3) is 0.294. The monoisotopic (exact) mass is 361 g/mol. The van der Waals surface area contributed by atoms with Gasteiger partial charge < -0.3 is 14.5 Å². The van der Waals surface area contributed by atoms with E-state index in [1.54, 1.807) is 18.2 Å². The van der Waals surface area contributed by atoms with Crippen LogP contribution in [0.1, 0.15) is 25.1 Å². The first-order chi connectivity index (χ1) is 12.3. The maximum absolute atomic E-state index is 11.6. The number of H-pyrrole nitrogens is 2. The van der Waals surface area contributed by atoms with Crippen LogP contribution in [-0.2, 0) is 0 Å². The van der Waals surface area contributed by atoms with Crippen LogP contribution in [0.15, 0.2) is 27.8 Å². The molecule has 1 aromatic heterocycles. The van der Waals surface area contributed by atoms with Gasteiger partial charge in [-0.2, -0.15) is 0 Å². The number of ether oxygens (including phenoxy) is 2. The van der Waals surface area contributed by atoms with Crippen molar-refractivity contribution in [1.82, 2.24) is 9.97 Å². The number of aromatic amines is 2. The molecule has 0 saturated carbocycles. The van der Waals surface area contributed by atoms with E-state index in [1.807, 2.05) is 18.8 Å². The van der Waals surface area contributed by atoms with Crippen LogP contribution >= 0.6 is 0 Å². The zero-order chi connectivity index (χ0) is 19.3. The molecule has 0 radical (unpaired) electrons. The van der Waals surface area contributed by atoms with Crippen molar-refractivity contribution in [3.8, 4) is 11.5 Å². The van der Waals surface area contributed by atoms with Crippen LogP contribution in [0.25, 0.3) is 12.2 Å². The summed E-state index contributed by atoms with van der Waals surface area (Å²) in [5.41, 5.74) is -2.16. The summed E-state index contributed by atoms with van der Waals surface area (Å²) in [7, 11) is 1.50. The first-order valence-electron chi connectivity index (χ1n) is 7.81. The van der Waals surface area contributed by atoms with Gasteiger partial charge in [-0.05, 0) is 29.7 Å². The summed E-state index contributed by atoms with van der Waals surface area (Å²) in [6, 6.07) is 5.13. The third kappa shape index (κ3) is 4.59. The molecule has 0 atom stereocenters. The summed E-state index contributed by atoms with van der Waals surface area (Å²) < 4.78 is 10.9. The normalized spacial score (nSPS) is 11.1. The van der Waals surface area contributed by atoms with Crippen LogP contribution in [0.4, 0.5) is 5.69 Å². The number of hydrogen-bond acceptors (Lipinski definition) is 6. The SMILES string of the molecule is COc1cc(/C=C/c2[nH]c(=O)[nH]c(=O)c2[N+](=O)[O-])ccc1OCC(C)C. The van der Waals surface area contributed by atoms with Crippen LogP contribution in [0, 0.1) is 16.0 Å². The molecule has 2 rings (SSSR count). The average molecular weight is 361 g/mol. The number of hydrogen-bond donors (Lipinski definition) is 2. The molecule has 9 heteroatoms. The van der Waals surface area contributed by atoms with E-state index in [2.05, 4.69) is 4.98 Å². The molecule has 0 spiro atoms. The van der Waals surface area contributed by atoms with Gasteiger partial charge >= 0.3 is 16.9 Å². The van der Waals surface area contributed by atoms with Gasteiger partial charge in [-0.1, -0.05) is 26.0 Å². The second-order valence-electron chi connectivity index (χ2n) is 5.88. The van der Waals surface area contributed by atoms with E-state index in [0.29, 0.717) is 29.6 Å². The summed E-state index contributed by atoms with van der Waals surface area (Å²) in [5.74, 6) is 1.43. The Labute approximate surface area is 148 Å². The number of nitrogens with one attached hydrogen (secondary N) is 2. The summed E-state index contributed by atoms with van der Waals surface area (Å²) >= 11 is 0. The maximum atomic E-state index is 11.6. The minimum atomic E-state index is -1.06. The minimum Gasteiger partial charge on any atom is -0.493 e. The lowest BCUT2D eigenvalue weighted by Crippen LogP contribution is -2.25. The first kappa shape index (κ1) is 19.0. The average Bonchev–Trinajstić information content (AvgIpc) is 2.57. The molecular weight excluding hydrogens is 342 g/mol. The third-order valence-electron chi connectivity index (χ3n) is 3.33. The smallest absolute Gasteiger partial charge is 0.357 e. The number of methoxy groups -OCH3 is 1. The fourth-order valence-corrected chi connectivity index (χ4v) is 2.14. The lowest BCUT2D eigenvalue weighted by atomic mass is 10.1. The van der Waals surface area contributed by atoms with Crippen LogP contribution in [0.2, 0.25) is 0 Å². The first-order valence-corrected chi connectivity index (χ1v) is 7.81. The second kappa shape index (κ2) is 8.15.